The first kappa shape index (κ1) is 18.0. The third kappa shape index (κ3) is 4.20. The summed E-state index contributed by atoms with van der Waals surface area (Å²) in [5, 5.41) is 1.61. The maximum atomic E-state index is 12.5. The van der Waals surface area contributed by atoms with Crippen molar-refractivity contribution in [1.29, 1.82) is 0 Å². The van der Waals surface area contributed by atoms with Crippen LogP contribution in [0, 0.1) is 0 Å². The lowest BCUT2D eigenvalue weighted by molar-refractivity contribution is -0.121. The summed E-state index contributed by atoms with van der Waals surface area (Å²) in [4.78, 5) is 12.2. The van der Waals surface area contributed by atoms with E-state index in [1.165, 1.54) is 25.1 Å². The van der Waals surface area contributed by atoms with Crippen molar-refractivity contribution >= 4 is 37.4 Å². The van der Waals surface area contributed by atoms with Crippen LogP contribution in [0.1, 0.15) is 33.6 Å². The van der Waals surface area contributed by atoms with Gasteiger partial charge in [-0.3, -0.25) is 4.79 Å². The zero-order valence-electron chi connectivity index (χ0n) is 12.4. The van der Waals surface area contributed by atoms with E-state index in [2.05, 4.69) is 21.2 Å². The third-order valence-electron chi connectivity index (χ3n) is 3.43. The first-order valence-electron chi connectivity index (χ1n) is 6.83. The average molecular weight is 377 g/mol. The zero-order valence-corrected chi connectivity index (χ0v) is 14.8. The minimum absolute atomic E-state index is 0.00925. The van der Waals surface area contributed by atoms with Crippen LogP contribution in [0.2, 0.25) is 0 Å². The molecule has 0 spiro atoms. The number of nitrogen functional groups attached to an aromatic ring is 1. The third-order valence-corrected chi connectivity index (χ3v) is 6.46. The van der Waals surface area contributed by atoms with Crippen LogP contribution in [0.15, 0.2) is 27.6 Å². The van der Waals surface area contributed by atoms with Crippen molar-refractivity contribution in [3.05, 3.63) is 22.7 Å². The Labute approximate surface area is 134 Å². The minimum atomic E-state index is -3.76. The van der Waals surface area contributed by atoms with E-state index in [-0.39, 0.29) is 10.9 Å². The highest BCUT2D eigenvalue weighted by molar-refractivity contribution is 9.10. The van der Waals surface area contributed by atoms with E-state index < -0.39 is 21.0 Å². The lowest BCUT2D eigenvalue weighted by atomic mass is 10.2. The van der Waals surface area contributed by atoms with Crippen LogP contribution in [-0.2, 0) is 14.6 Å². The second-order valence-electron chi connectivity index (χ2n) is 4.90. The number of benzene rings is 1. The number of nitrogens with one attached hydrogen (secondary N) is 1. The van der Waals surface area contributed by atoms with E-state index in [0.717, 1.165) is 12.8 Å². The molecule has 0 saturated heterocycles. The van der Waals surface area contributed by atoms with E-state index in [0.29, 0.717) is 10.2 Å². The molecule has 0 aliphatic heterocycles. The van der Waals surface area contributed by atoms with E-state index in [9.17, 15) is 13.2 Å². The van der Waals surface area contributed by atoms with E-state index in [1.54, 1.807) is 0 Å². The first-order valence-corrected chi connectivity index (χ1v) is 9.17. The van der Waals surface area contributed by atoms with Crippen molar-refractivity contribution in [1.82, 2.24) is 5.32 Å². The van der Waals surface area contributed by atoms with Gasteiger partial charge in [0.25, 0.3) is 0 Å². The fourth-order valence-electron chi connectivity index (χ4n) is 1.89. The SMILES string of the molecule is CCC(CC)NC(=O)C(C)S(=O)(=O)c1ccc(N)cc1Br. The van der Waals surface area contributed by atoms with Gasteiger partial charge >= 0.3 is 0 Å². The summed E-state index contributed by atoms with van der Waals surface area (Å²) in [6, 6.07) is 4.42. The van der Waals surface area contributed by atoms with Gasteiger partial charge in [0, 0.05) is 16.2 Å². The Morgan fingerprint density at radius 3 is 2.38 bits per heavy atom. The van der Waals surface area contributed by atoms with Crippen LogP contribution in [0.5, 0.6) is 0 Å². The molecule has 0 aliphatic rings. The second kappa shape index (κ2) is 7.26. The maximum Gasteiger partial charge on any atom is 0.238 e. The maximum absolute atomic E-state index is 12.5. The minimum Gasteiger partial charge on any atom is -0.399 e. The molecule has 3 N–H and O–H groups in total. The van der Waals surface area contributed by atoms with Crippen LogP contribution in [0.3, 0.4) is 0 Å². The molecule has 21 heavy (non-hydrogen) atoms. The van der Waals surface area contributed by atoms with Crippen LogP contribution >= 0.6 is 15.9 Å². The Morgan fingerprint density at radius 2 is 1.90 bits per heavy atom. The molecule has 1 aromatic carbocycles. The fourth-order valence-corrected chi connectivity index (χ4v) is 4.28. The van der Waals surface area contributed by atoms with Crippen molar-refractivity contribution < 1.29 is 13.2 Å². The lowest BCUT2D eigenvalue weighted by Gasteiger charge is -2.19. The van der Waals surface area contributed by atoms with Crippen molar-refractivity contribution in [3.63, 3.8) is 0 Å². The average Bonchev–Trinajstić information content (AvgIpc) is 2.43. The number of hydrogen-bond acceptors (Lipinski definition) is 4. The quantitative estimate of drug-likeness (QED) is 0.746. The number of nitrogens with two attached hydrogens (primary N) is 1. The van der Waals surface area contributed by atoms with Crippen LogP contribution in [0.25, 0.3) is 0 Å². The van der Waals surface area contributed by atoms with Gasteiger partial charge in [0.2, 0.25) is 5.91 Å². The van der Waals surface area contributed by atoms with E-state index >= 15 is 0 Å². The molecular weight excluding hydrogens is 356 g/mol. The molecule has 1 aromatic rings. The van der Waals surface area contributed by atoms with Gasteiger partial charge in [-0.2, -0.15) is 0 Å². The highest BCUT2D eigenvalue weighted by Gasteiger charge is 2.32. The largest absolute Gasteiger partial charge is 0.399 e. The molecule has 0 fully saturated rings. The predicted molar refractivity (Wildman–Crippen MR) is 87.7 cm³/mol. The van der Waals surface area contributed by atoms with E-state index in [4.69, 9.17) is 5.73 Å². The van der Waals surface area contributed by atoms with Crippen LogP contribution in [0.4, 0.5) is 5.69 Å². The summed E-state index contributed by atoms with van der Waals surface area (Å²) in [7, 11) is -3.76. The molecule has 0 heterocycles. The number of halogens is 1. The second-order valence-corrected chi connectivity index (χ2v) is 7.99. The van der Waals surface area contributed by atoms with Gasteiger partial charge in [-0.25, -0.2) is 8.42 Å². The lowest BCUT2D eigenvalue weighted by Crippen LogP contribution is -2.43. The molecule has 0 aromatic heterocycles. The Bertz CT molecular complexity index is 613. The fraction of sp³-hybridized carbons (Fsp3) is 0.500. The number of rotatable bonds is 6. The molecule has 0 bridgehead atoms. The van der Waals surface area contributed by atoms with Crippen LogP contribution < -0.4 is 11.1 Å². The van der Waals surface area contributed by atoms with E-state index in [1.807, 2.05) is 13.8 Å². The molecule has 7 heteroatoms. The molecule has 1 unspecified atom stereocenters. The number of carbonyl (C=O) groups is 1. The van der Waals surface area contributed by atoms with Crippen molar-refractivity contribution in [3.8, 4) is 0 Å². The van der Waals surface area contributed by atoms with Gasteiger partial charge in [0.05, 0.1) is 4.90 Å². The normalized spacial score (nSPS) is 13.2. The number of sulfone groups is 1. The molecule has 1 amide bonds. The van der Waals surface area contributed by atoms with Gasteiger partial charge in [0.15, 0.2) is 9.84 Å². The van der Waals surface area contributed by atoms with Crippen molar-refractivity contribution in [2.75, 3.05) is 5.73 Å². The highest BCUT2D eigenvalue weighted by atomic mass is 79.9. The van der Waals surface area contributed by atoms with Gasteiger partial charge in [-0.15, -0.1) is 0 Å². The standard InChI is InChI=1S/C14H21BrN2O3S/c1-4-11(5-2)17-14(18)9(3)21(19,20)13-7-6-10(16)8-12(13)15/h6-9,11H,4-5,16H2,1-3H3,(H,17,18). The Kier molecular flexibility index (Phi) is 6.22. The monoisotopic (exact) mass is 376 g/mol. The summed E-state index contributed by atoms with van der Waals surface area (Å²) in [5.74, 6) is -0.479. The number of amides is 1. The van der Waals surface area contributed by atoms with Crippen LogP contribution in [-0.4, -0.2) is 25.6 Å². The summed E-state index contributed by atoms with van der Waals surface area (Å²) in [6.45, 7) is 5.30. The molecule has 1 atom stereocenters. The summed E-state index contributed by atoms with van der Waals surface area (Å²) >= 11 is 3.19. The van der Waals surface area contributed by atoms with Gasteiger partial charge in [0.1, 0.15) is 5.25 Å². The zero-order chi connectivity index (χ0) is 16.2. The Hall–Kier alpha value is -1.08. The first-order chi connectivity index (χ1) is 9.73. The van der Waals surface area contributed by atoms with Gasteiger partial charge in [-0.1, -0.05) is 13.8 Å². The van der Waals surface area contributed by atoms with Crippen molar-refractivity contribution in [2.24, 2.45) is 0 Å². The molecule has 0 aliphatic carbocycles. The number of carbonyl (C=O) groups excluding carboxylic acids is 1. The highest BCUT2D eigenvalue weighted by Crippen LogP contribution is 2.27. The topological polar surface area (TPSA) is 89.3 Å². The summed E-state index contributed by atoms with van der Waals surface area (Å²) in [5.41, 5.74) is 6.06. The van der Waals surface area contributed by atoms with Crippen molar-refractivity contribution in [2.45, 2.75) is 49.8 Å². The molecule has 5 nitrogen and oxygen atoms in total. The molecule has 118 valence electrons. The molecule has 0 radical (unpaired) electrons. The Morgan fingerprint density at radius 1 is 1.33 bits per heavy atom. The Balaban J connectivity index is 3.04. The summed E-state index contributed by atoms with van der Waals surface area (Å²) in [6.07, 6.45) is 1.53. The molecular formula is C14H21BrN2O3S. The number of hydrogen-bond donors (Lipinski definition) is 2. The predicted octanol–water partition coefficient (Wildman–Crippen LogP) is 2.50. The van der Waals surface area contributed by atoms with Gasteiger partial charge < -0.3 is 11.1 Å². The number of anilines is 1. The smallest absolute Gasteiger partial charge is 0.238 e. The molecule has 1 rings (SSSR count). The summed E-state index contributed by atoms with van der Waals surface area (Å²) < 4.78 is 25.4. The van der Waals surface area contributed by atoms with Gasteiger partial charge in [-0.05, 0) is 53.9 Å². The molecule has 0 saturated carbocycles.